The van der Waals surface area contributed by atoms with Gasteiger partial charge in [-0.2, -0.15) is 0 Å². The Labute approximate surface area is 161 Å². The van der Waals surface area contributed by atoms with Crippen molar-refractivity contribution >= 4 is 43.5 Å². The molecule has 0 saturated carbocycles. The van der Waals surface area contributed by atoms with Gasteiger partial charge in [0, 0.05) is 36.1 Å². The van der Waals surface area contributed by atoms with Gasteiger partial charge < -0.3 is 4.90 Å². The number of halogens is 2. The number of carbonyl (C=O) groups excluding carboxylic acids is 1. The highest BCUT2D eigenvalue weighted by molar-refractivity contribution is 9.10. The van der Waals surface area contributed by atoms with Crippen molar-refractivity contribution in [3.05, 3.63) is 63.6 Å². The summed E-state index contributed by atoms with van der Waals surface area (Å²) in [7, 11) is -1.98. The van der Waals surface area contributed by atoms with Crippen LogP contribution in [0.1, 0.15) is 12.0 Å². The Morgan fingerprint density at radius 2 is 1.92 bits per heavy atom. The van der Waals surface area contributed by atoms with Crippen LogP contribution in [0.3, 0.4) is 0 Å². The van der Waals surface area contributed by atoms with E-state index >= 15 is 0 Å². The van der Waals surface area contributed by atoms with Crippen molar-refractivity contribution in [2.45, 2.75) is 17.9 Å². The van der Waals surface area contributed by atoms with Gasteiger partial charge in [0.15, 0.2) is 0 Å². The molecule has 1 amide bonds. The second-order valence-corrected chi connectivity index (χ2v) is 8.54. The number of rotatable bonds is 7. The topological polar surface area (TPSA) is 66.5 Å². The van der Waals surface area contributed by atoms with Crippen molar-refractivity contribution < 1.29 is 13.2 Å². The molecule has 0 aliphatic rings. The summed E-state index contributed by atoms with van der Waals surface area (Å²) >= 11 is 9.32. The van der Waals surface area contributed by atoms with Crippen LogP contribution >= 0.6 is 27.5 Å². The molecule has 1 N–H and O–H groups in total. The summed E-state index contributed by atoms with van der Waals surface area (Å²) in [5.41, 5.74) is 0.842. The Kier molecular flexibility index (Phi) is 7.01. The summed E-state index contributed by atoms with van der Waals surface area (Å²) in [5, 5.41) is 0.595. The van der Waals surface area contributed by atoms with Gasteiger partial charge >= 0.3 is 0 Å². The number of hydrogen-bond acceptors (Lipinski definition) is 3. The smallest absolute Gasteiger partial charge is 0.240 e. The molecule has 2 aromatic rings. The third-order valence-corrected chi connectivity index (χ3v) is 5.85. The van der Waals surface area contributed by atoms with Crippen LogP contribution in [-0.4, -0.2) is 32.8 Å². The largest absolute Gasteiger partial charge is 0.341 e. The zero-order valence-corrected chi connectivity index (χ0v) is 16.7. The molecule has 0 radical (unpaired) electrons. The van der Waals surface area contributed by atoms with Gasteiger partial charge in [-0.05, 0) is 29.8 Å². The molecule has 2 rings (SSSR count). The van der Waals surface area contributed by atoms with Crippen molar-refractivity contribution in [2.24, 2.45) is 0 Å². The average molecular weight is 446 g/mol. The molecule has 0 atom stereocenters. The summed E-state index contributed by atoms with van der Waals surface area (Å²) < 4.78 is 27.5. The lowest BCUT2D eigenvalue weighted by Gasteiger charge is -2.18. The molecule has 5 nitrogen and oxygen atoms in total. The van der Waals surface area contributed by atoms with Gasteiger partial charge in [0.25, 0.3) is 0 Å². The summed E-state index contributed by atoms with van der Waals surface area (Å²) in [5.74, 6) is -0.170. The van der Waals surface area contributed by atoms with E-state index in [0.29, 0.717) is 16.0 Å². The Morgan fingerprint density at radius 3 is 2.60 bits per heavy atom. The highest BCUT2D eigenvalue weighted by atomic mass is 79.9. The first kappa shape index (κ1) is 19.9. The summed E-state index contributed by atoms with van der Waals surface area (Å²) in [6, 6.07) is 13.7. The predicted octanol–water partition coefficient (Wildman–Crippen LogP) is 3.43. The summed E-state index contributed by atoms with van der Waals surface area (Å²) in [6.07, 6.45) is 0.0637. The zero-order chi connectivity index (χ0) is 18.4. The first-order valence-electron chi connectivity index (χ1n) is 7.52. The van der Waals surface area contributed by atoms with E-state index in [1.54, 1.807) is 25.2 Å². The van der Waals surface area contributed by atoms with Crippen molar-refractivity contribution in [1.82, 2.24) is 9.62 Å². The average Bonchev–Trinajstić information content (AvgIpc) is 2.56. The molecular formula is C17H18BrClN2O3S. The predicted molar refractivity (Wildman–Crippen MR) is 102 cm³/mol. The van der Waals surface area contributed by atoms with Gasteiger partial charge in [0.2, 0.25) is 15.9 Å². The number of carbonyl (C=O) groups is 1. The summed E-state index contributed by atoms with van der Waals surface area (Å²) in [6.45, 7) is 0.400. The first-order chi connectivity index (χ1) is 11.8. The van der Waals surface area contributed by atoms with Crippen molar-refractivity contribution in [1.29, 1.82) is 0 Å². The van der Waals surface area contributed by atoms with Crippen molar-refractivity contribution in [2.75, 3.05) is 13.6 Å². The number of sulfonamides is 1. The minimum absolute atomic E-state index is 0.0283. The van der Waals surface area contributed by atoms with Crippen LogP contribution in [0.2, 0.25) is 5.02 Å². The fraction of sp³-hybridized carbons (Fsp3) is 0.235. The molecule has 0 bridgehead atoms. The zero-order valence-electron chi connectivity index (χ0n) is 13.6. The highest BCUT2D eigenvalue weighted by Crippen LogP contribution is 2.17. The molecule has 0 spiro atoms. The molecule has 0 aliphatic carbocycles. The Balaban J connectivity index is 1.88. The van der Waals surface area contributed by atoms with Crippen LogP contribution in [0.15, 0.2) is 57.9 Å². The Morgan fingerprint density at radius 1 is 1.20 bits per heavy atom. The maximum Gasteiger partial charge on any atom is 0.240 e. The molecular weight excluding hydrogens is 428 g/mol. The lowest BCUT2D eigenvalue weighted by molar-refractivity contribution is -0.130. The van der Waals surface area contributed by atoms with Crippen LogP contribution in [0.5, 0.6) is 0 Å². The molecule has 8 heteroatoms. The van der Waals surface area contributed by atoms with E-state index in [0.717, 1.165) is 5.56 Å². The normalized spacial score (nSPS) is 11.3. The molecule has 134 valence electrons. The van der Waals surface area contributed by atoms with Crippen molar-refractivity contribution in [3.8, 4) is 0 Å². The van der Waals surface area contributed by atoms with Gasteiger partial charge in [0.05, 0.1) is 4.90 Å². The Bertz CT molecular complexity index is 858. The molecule has 0 fully saturated rings. The van der Waals surface area contributed by atoms with Gasteiger partial charge in [0.1, 0.15) is 0 Å². The fourth-order valence-corrected chi connectivity index (χ4v) is 3.99. The maximum absolute atomic E-state index is 12.2. The van der Waals surface area contributed by atoms with Gasteiger partial charge in [-0.15, -0.1) is 0 Å². The van der Waals surface area contributed by atoms with E-state index < -0.39 is 10.0 Å². The second-order valence-electron chi connectivity index (χ2n) is 5.45. The van der Waals surface area contributed by atoms with E-state index in [9.17, 15) is 13.2 Å². The number of amides is 1. The van der Waals surface area contributed by atoms with Crippen LogP contribution in [0, 0.1) is 0 Å². The number of hydrogen-bond donors (Lipinski definition) is 1. The molecule has 0 aromatic heterocycles. The first-order valence-corrected chi connectivity index (χ1v) is 10.2. The van der Waals surface area contributed by atoms with E-state index in [4.69, 9.17) is 11.6 Å². The van der Waals surface area contributed by atoms with Crippen molar-refractivity contribution in [3.63, 3.8) is 0 Å². The Hall–Kier alpha value is -1.41. The molecule has 0 heterocycles. The van der Waals surface area contributed by atoms with Gasteiger partial charge in [-0.3, -0.25) is 4.79 Å². The van der Waals surface area contributed by atoms with Crippen LogP contribution in [0.4, 0.5) is 0 Å². The van der Waals surface area contributed by atoms with Crippen LogP contribution in [0.25, 0.3) is 0 Å². The fourth-order valence-electron chi connectivity index (χ4n) is 2.17. The van der Waals surface area contributed by atoms with Crippen LogP contribution in [-0.2, 0) is 21.4 Å². The molecule has 0 saturated heterocycles. The van der Waals surface area contributed by atoms with Gasteiger partial charge in [-0.25, -0.2) is 13.1 Å². The summed E-state index contributed by atoms with van der Waals surface area (Å²) in [4.78, 5) is 13.8. The monoisotopic (exact) mass is 444 g/mol. The quantitative estimate of drug-likeness (QED) is 0.710. The number of nitrogens with zero attached hydrogens (tertiary/aromatic N) is 1. The molecule has 0 unspecified atom stereocenters. The molecule has 0 aliphatic heterocycles. The second kappa shape index (κ2) is 8.80. The van der Waals surface area contributed by atoms with E-state index in [1.165, 1.54) is 17.0 Å². The third-order valence-electron chi connectivity index (χ3n) is 3.53. The molecule has 2 aromatic carbocycles. The third kappa shape index (κ3) is 5.81. The number of nitrogens with one attached hydrogen (secondary N) is 1. The van der Waals surface area contributed by atoms with Gasteiger partial charge in [-0.1, -0.05) is 51.8 Å². The highest BCUT2D eigenvalue weighted by Gasteiger charge is 2.16. The standard InChI is InChI=1S/C17H18BrClN2O3S/c1-21(12-13-5-2-3-8-16(13)19)17(22)9-10-20-25(23,24)15-7-4-6-14(18)11-15/h2-8,11,20H,9-10,12H2,1H3. The van der Waals surface area contributed by atoms with E-state index in [2.05, 4.69) is 20.7 Å². The minimum atomic E-state index is -3.64. The molecule has 25 heavy (non-hydrogen) atoms. The van der Waals surface area contributed by atoms with E-state index in [-0.39, 0.29) is 23.8 Å². The lowest BCUT2D eigenvalue weighted by Crippen LogP contribution is -2.32. The minimum Gasteiger partial charge on any atom is -0.341 e. The lowest BCUT2D eigenvalue weighted by atomic mass is 10.2. The number of benzene rings is 2. The van der Waals surface area contributed by atoms with E-state index in [1.807, 2.05) is 18.2 Å². The van der Waals surface area contributed by atoms with Crippen LogP contribution < -0.4 is 4.72 Å². The SMILES string of the molecule is CN(Cc1ccccc1Cl)C(=O)CCNS(=O)(=O)c1cccc(Br)c1. The maximum atomic E-state index is 12.2.